The number of fused-ring (bicyclic) bond motifs is 3. The summed E-state index contributed by atoms with van der Waals surface area (Å²) in [6, 6.07) is 51.8. The molecule has 0 bridgehead atoms. The fourth-order valence-corrected chi connectivity index (χ4v) is 11.3. The minimum absolute atomic E-state index is 0.307. The SMILES string of the molecule is c1ccc([PH](c2ccccc2)(c2ccccc2)C2c3ccccc3-c3ccccc32)cc1. The van der Waals surface area contributed by atoms with E-state index in [9.17, 15) is 0 Å². The van der Waals surface area contributed by atoms with Crippen LogP contribution in [0.2, 0.25) is 0 Å². The standard InChI is InChI=1S/C31H25P/c1-4-14-24(15-5-1)32(25-16-6-2-7-17-25,26-18-8-3-9-19-26)31-29-22-12-10-20-27(29)28-21-11-13-23-30(28)31/h1-23,31-32H. The molecule has 32 heavy (non-hydrogen) atoms. The second-order valence-corrected chi connectivity index (χ2v) is 12.4. The summed E-state index contributed by atoms with van der Waals surface area (Å²) >= 11 is 0. The van der Waals surface area contributed by atoms with Gasteiger partial charge in [0.1, 0.15) is 0 Å². The second-order valence-electron chi connectivity index (χ2n) is 8.51. The summed E-state index contributed by atoms with van der Waals surface area (Å²) in [6.45, 7) is 0. The Hall–Kier alpha value is -3.47. The first-order chi connectivity index (χ1) is 15.9. The minimum atomic E-state index is -2.49. The van der Waals surface area contributed by atoms with Crippen LogP contribution in [0, 0.1) is 0 Å². The van der Waals surface area contributed by atoms with Crippen molar-refractivity contribution >= 4 is 23.2 Å². The number of benzene rings is 5. The summed E-state index contributed by atoms with van der Waals surface area (Å²) in [5.74, 6) is 0. The van der Waals surface area contributed by atoms with Gasteiger partial charge in [0, 0.05) is 0 Å². The first-order valence-corrected chi connectivity index (χ1v) is 13.3. The van der Waals surface area contributed by atoms with Crippen LogP contribution in [0.15, 0.2) is 140 Å². The van der Waals surface area contributed by atoms with Crippen LogP contribution in [-0.2, 0) is 0 Å². The average Bonchev–Trinajstić information content (AvgIpc) is 3.22. The van der Waals surface area contributed by atoms with Gasteiger partial charge in [0.2, 0.25) is 0 Å². The molecular weight excluding hydrogens is 403 g/mol. The number of hydrogen-bond acceptors (Lipinski definition) is 0. The molecule has 0 nitrogen and oxygen atoms in total. The molecule has 1 aliphatic carbocycles. The average molecular weight is 429 g/mol. The van der Waals surface area contributed by atoms with Crippen LogP contribution in [0.5, 0.6) is 0 Å². The Bertz CT molecular complexity index is 1220. The number of hydrogen-bond donors (Lipinski definition) is 0. The topological polar surface area (TPSA) is 0 Å². The van der Waals surface area contributed by atoms with Crippen LogP contribution in [0.1, 0.15) is 16.8 Å². The Morgan fingerprint density at radius 2 is 0.656 bits per heavy atom. The molecule has 0 unspecified atom stereocenters. The maximum atomic E-state index is 2.36. The molecule has 0 heterocycles. The van der Waals surface area contributed by atoms with Crippen molar-refractivity contribution in [2.24, 2.45) is 0 Å². The van der Waals surface area contributed by atoms with Gasteiger partial charge in [-0.1, -0.05) is 0 Å². The van der Waals surface area contributed by atoms with Crippen molar-refractivity contribution in [1.29, 1.82) is 0 Å². The zero-order chi connectivity index (χ0) is 21.4. The molecule has 1 aliphatic rings. The summed E-state index contributed by atoms with van der Waals surface area (Å²) in [5.41, 5.74) is 5.98. The maximum absolute atomic E-state index is 2.49. The Balaban J connectivity index is 1.79. The van der Waals surface area contributed by atoms with Crippen LogP contribution in [0.4, 0.5) is 0 Å². The molecule has 0 radical (unpaired) electrons. The third-order valence-electron chi connectivity index (χ3n) is 6.95. The van der Waals surface area contributed by atoms with Gasteiger partial charge in [-0.15, -0.1) is 0 Å². The van der Waals surface area contributed by atoms with E-state index in [2.05, 4.69) is 140 Å². The van der Waals surface area contributed by atoms with Gasteiger partial charge in [-0.25, -0.2) is 0 Å². The molecule has 0 amide bonds. The van der Waals surface area contributed by atoms with Crippen LogP contribution < -0.4 is 15.9 Å². The van der Waals surface area contributed by atoms with E-state index in [0.29, 0.717) is 5.66 Å². The van der Waals surface area contributed by atoms with Crippen molar-refractivity contribution in [3.8, 4) is 11.1 Å². The molecule has 0 saturated carbocycles. The normalized spacial score (nSPS) is 13.4. The van der Waals surface area contributed by atoms with Gasteiger partial charge in [-0.2, -0.15) is 0 Å². The first kappa shape index (κ1) is 19.2. The summed E-state index contributed by atoms with van der Waals surface area (Å²) in [5, 5.41) is 4.36. The monoisotopic (exact) mass is 428 g/mol. The van der Waals surface area contributed by atoms with Gasteiger partial charge in [0.15, 0.2) is 0 Å². The third kappa shape index (κ3) is 2.80. The Morgan fingerprint density at radius 3 is 1.03 bits per heavy atom. The van der Waals surface area contributed by atoms with E-state index in [0.717, 1.165) is 0 Å². The van der Waals surface area contributed by atoms with Crippen LogP contribution in [0.25, 0.3) is 11.1 Å². The van der Waals surface area contributed by atoms with E-state index in [1.54, 1.807) is 0 Å². The number of rotatable bonds is 4. The van der Waals surface area contributed by atoms with Crippen LogP contribution >= 0.6 is 7.26 Å². The predicted octanol–water partition coefficient (Wildman–Crippen LogP) is 6.48. The van der Waals surface area contributed by atoms with E-state index in [1.165, 1.54) is 38.2 Å². The molecule has 0 saturated heterocycles. The molecule has 0 atom stereocenters. The molecule has 154 valence electrons. The van der Waals surface area contributed by atoms with E-state index in [1.807, 2.05) is 0 Å². The van der Waals surface area contributed by atoms with Crippen molar-refractivity contribution in [2.45, 2.75) is 5.66 Å². The van der Waals surface area contributed by atoms with E-state index >= 15 is 0 Å². The molecule has 0 aliphatic heterocycles. The third-order valence-corrected chi connectivity index (χ3v) is 12.2. The molecule has 5 aromatic carbocycles. The quantitative estimate of drug-likeness (QED) is 0.287. The van der Waals surface area contributed by atoms with Crippen molar-refractivity contribution < 1.29 is 0 Å². The van der Waals surface area contributed by atoms with Gasteiger partial charge in [-0.3, -0.25) is 0 Å². The van der Waals surface area contributed by atoms with Gasteiger partial charge in [0.25, 0.3) is 0 Å². The van der Waals surface area contributed by atoms with Gasteiger partial charge < -0.3 is 0 Å². The van der Waals surface area contributed by atoms with Crippen LogP contribution in [-0.4, -0.2) is 0 Å². The van der Waals surface area contributed by atoms with Gasteiger partial charge in [0.05, 0.1) is 0 Å². The fraction of sp³-hybridized carbons (Fsp3) is 0.0323. The van der Waals surface area contributed by atoms with Gasteiger partial charge in [-0.05, 0) is 0 Å². The molecule has 1 heteroatoms. The van der Waals surface area contributed by atoms with Crippen LogP contribution in [0.3, 0.4) is 0 Å². The van der Waals surface area contributed by atoms with Crippen molar-refractivity contribution in [2.75, 3.05) is 0 Å². The molecule has 0 spiro atoms. The molecule has 5 aromatic rings. The van der Waals surface area contributed by atoms with E-state index < -0.39 is 7.26 Å². The van der Waals surface area contributed by atoms with Gasteiger partial charge >= 0.3 is 191 Å². The van der Waals surface area contributed by atoms with Crippen molar-refractivity contribution in [3.63, 3.8) is 0 Å². The fourth-order valence-electron chi connectivity index (χ4n) is 5.73. The zero-order valence-electron chi connectivity index (χ0n) is 17.9. The molecular formula is C31H25P. The summed E-state index contributed by atoms with van der Waals surface area (Å²) in [6.07, 6.45) is 0. The second kappa shape index (κ2) is 7.90. The zero-order valence-corrected chi connectivity index (χ0v) is 18.9. The Kier molecular flexibility index (Phi) is 4.75. The van der Waals surface area contributed by atoms with E-state index in [-0.39, 0.29) is 0 Å². The van der Waals surface area contributed by atoms with E-state index in [4.69, 9.17) is 0 Å². The molecule has 0 fully saturated rings. The molecule has 0 N–H and O–H groups in total. The summed E-state index contributed by atoms with van der Waals surface area (Å²) in [7, 11) is -2.49. The van der Waals surface area contributed by atoms with Crippen molar-refractivity contribution in [1.82, 2.24) is 0 Å². The Morgan fingerprint density at radius 1 is 0.344 bits per heavy atom. The molecule has 0 aromatic heterocycles. The summed E-state index contributed by atoms with van der Waals surface area (Å²) < 4.78 is 0. The Labute approximate surface area is 190 Å². The first-order valence-electron chi connectivity index (χ1n) is 11.3. The van der Waals surface area contributed by atoms with Crippen molar-refractivity contribution in [3.05, 3.63) is 151 Å². The summed E-state index contributed by atoms with van der Waals surface area (Å²) in [4.78, 5) is 0. The predicted molar refractivity (Wildman–Crippen MR) is 140 cm³/mol. The molecule has 6 rings (SSSR count).